The van der Waals surface area contributed by atoms with Crippen LogP contribution in [0.2, 0.25) is 0 Å². The molecule has 0 saturated carbocycles. The van der Waals surface area contributed by atoms with Gasteiger partial charge in [0.2, 0.25) is 0 Å². The van der Waals surface area contributed by atoms with Gasteiger partial charge in [-0.15, -0.1) is 11.3 Å². The molecular weight excluding hydrogens is 301 g/mol. The highest BCUT2D eigenvalue weighted by atomic mass is 32.1. The Hall–Kier alpha value is -2.02. The predicted octanol–water partition coefficient (Wildman–Crippen LogP) is 5.03. The third-order valence-electron chi connectivity index (χ3n) is 2.98. The third-order valence-corrected chi connectivity index (χ3v) is 4.10. The van der Waals surface area contributed by atoms with E-state index < -0.39 is 17.8 Å². The van der Waals surface area contributed by atoms with Crippen molar-refractivity contribution in [1.29, 1.82) is 0 Å². The highest BCUT2D eigenvalue weighted by Gasteiger charge is 2.29. The first kappa shape index (κ1) is 15.4. The minimum atomic E-state index is -4.38. The molecule has 0 saturated heterocycles. The molecule has 0 spiro atoms. The molecule has 1 aromatic carbocycles. The summed E-state index contributed by atoms with van der Waals surface area (Å²) in [5.41, 5.74) is 1.59. The van der Waals surface area contributed by atoms with Gasteiger partial charge in [0, 0.05) is 5.69 Å². The van der Waals surface area contributed by atoms with Gasteiger partial charge in [0.05, 0.1) is 10.6 Å². The summed E-state index contributed by atoms with van der Waals surface area (Å²) in [6, 6.07) is 3.80. The standard InChI is InChI=1S/C14H13F3N2OS/c1-8-7-21-12(9(8)2)19-13(20)18-11-5-3-10(4-6-11)14(15,16)17/h3-7H,1-2H3,(H2,18,19,20). The van der Waals surface area contributed by atoms with Crippen LogP contribution in [0.5, 0.6) is 0 Å². The Morgan fingerprint density at radius 1 is 1.10 bits per heavy atom. The number of aryl methyl sites for hydroxylation is 1. The fourth-order valence-corrected chi connectivity index (χ4v) is 2.60. The second-order valence-electron chi connectivity index (χ2n) is 4.53. The van der Waals surface area contributed by atoms with E-state index in [2.05, 4.69) is 10.6 Å². The molecule has 0 atom stereocenters. The fraction of sp³-hybridized carbons (Fsp3) is 0.214. The van der Waals surface area contributed by atoms with Gasteiger partial charge in [0.25, 0.3) is 0 Å². The summed E-state index contributed by atoms with van der Waals surface area (Å²) in [5, 5.41) is 7.80. The van der Waals surface area contributed by atoms with Gasteiger partial charge in [0.15, 0.2) is 0 Å². The molecular formula is C14H13F3N2OS. The van der Waals surface area contributed by atoms with Crippen LogP contribution < -0.4 is 10.6 Å². The Kier molecular flexibility index (Phi) is 4.22. The molecule has 2 aromatic rings. The van der Waals surface area contributed by atoms with Gasteiger partial charge in [0.1, 0.15) is 0 Å². The van der Waals surface area contributed by atoms with E-state index in [9.17, 15) is 18.0 Å². The summed E-state index contributed by atoms with van der Waals surface area (Å²) in [6.07, 6.45) is -4.38. The number of thiophene rings is 1. The largest absolute Gasteiger partial charge is 0.416 e. The zero-order valence-electron chi connectivity index (χ0n) is 11.3. The van der Waals surface area contributed by atoms with Crippen molar-refractivity contribution in [1.82, 2.24) is 0 Å². The average Bonchev–Trinajstić information content (AvgIpc) is 2.70. The number of anilines is 2. The third kappa shape index (κ3) is 3.75. The second-order valence-corrected chi connectivity index (χ2v) is 5.41. The van der Waals surface area contributed by atoms with Crippen molar-refractivity contribution in [3.05, 3.63) is 46.3 Å². The molecule has 2 amide bonds. The van der Waals surface area contributed by atoms with Crippen molar-refractivity contribution in [3.63, 3.8) is 0 Å². The van der Waals surface area contributed by atoms with Crippen molar-refractivity contribution in [2.75, 3.05) is 10.6 Å². The molecule has 0 unspecified atom stereocenters. The van der Waals surface area contributed by atoms with E-state index in [0.717, 1.165) is 28.3 Å². The summed E-state index contributed by atoms with van der Waals surface area (Å²) in [4.78, 5) is 11.8. The predicted molar refractivity (Wildman–Crippen MR) is 77.9 cm³/mol. The van der Waals surface area contributed by atoms with Crippen molar-refractivity contribution in [2.24, 2.45) is 0 Å². The lowest BCUT2D eigenvalue weighted by Crippen LogP contribution is -2.19. The summed E-state index contributed by atoms with van der Waals surface area (Å²) in [5.74, 6) is 0. The van der Waals surface area contributed by atoms with Crippen LogP contribution in [0.1, 0.15) is 16.7 Å². The maximum Gasteiger partial charge on any atom is 0.416 e. The first-order valence-electron chi connectivity index (χ1n) is 6.07. The zero-order valence-corrected chi connectivity index (χ0v) is 12.2. The van der Waals surface area contributed by atoms with Crippen LogP contribution >= 0.6 is 11.3 Å². The smallest absolute Gasteiger partial charge is 0.308 e. The van der Waals surface area contributed by atoms with E-state index >= 15 is 0 Å². The lowest BCUT2D eigenvalue weighted by molar-refractivity contribution is -0.137. The summed E-state index contributed by atoms with van der Waals surface area (Å²) >= 11 is 1.40. The SMILES string of the molecule is Cc1csc(NC(=O)Nc2ccc(C(F)(F)F)cc2)c1C. The van der Waals surface area contributed by atoms with Crippen LogP contribution in [0.25, 0.3) is 0 Å². The van der Waals surface area contributed by atoms with E-state index in [1.165, 1.54) is 23.5 Å². The quantitative estimate of drug-likeness (QED) is 0.802. The maximum atomic E-state index is 12.4. The summed E-state index contributed by atoms with van der Waals surface area (Å²) < 4.78 is 37.3. The topological polar surface area (TPSA) is 41.1 Å². The number of hydrogen-bond acceptors (Lipinski definition) is 2. The molecule has 2 N–H and O–H groups in total. The normalized spacial score (nSPS) is 11.3. The summed E-state index contributed by atoms with van der Waals surface area (Å²) in [6.45, 7) is 3.82. The molecule has 0 bridgehead atoms. The molecule has 3 nitrogen and oxygen atoms in total. The molecule has 1 aromatic heterocycles. The number of benzene rings is 1. The van der Waals surface area contributed by atoms with Crippen LogP contribution in [0, 0.1) is 13.8 Å². The maximum absolute atomic E-state index is 12.4. The molecule has 0 aliphatic carbocycles. The molecule has 0 radical (unpaired) electrons. The Balaban J connectivity index is 2.01. The molecule has 2 rings (SSSR count). The lowest BCUT2D eigenvalue weighted by Gasteiger charge is -2.09. The van der Waals surface area contributed by atoms with Gasteiger partial charge in [-0.05, 0) is 54.6 Å². The average molecular weight is 314 g/mol. The first-order chi connectivity index (χ1) is 9.77. The van der Waals surface area contributed by atoms with Gasteiger partial charge in [-0.1, -0.05) is 0 Å². The van der Waals surface area contributed by atoms with Gasteiger partial charge in [-0.25, -0.2) is 4.79 Å². The van der Waals surface area contributed by atoms with E-state index in [0.29, 0.717) is 5.69 Å². The van der Waals surface area contributed by atoms with Gasteiger partial charge in [-0.2, -0.15) is 13.2 Å². The Morgan fingerprint density at radius 3 is 2.19 bits per heavy atom. The molecule has 21 heavy (non-hydrogen) atoms. The Morgan fingerprint density at radius 2 is 1.71 bits per heavy atom. The van der Waals surface area contributed by atoms with E-state index in [1.807, 2.05) is 19.2 Å². The van der Waals surface area contributed by atoms with E-state index in [-0.39, 0.29) is 0 Å². The molecule has 0 aliphatic rings. The highest BCUT2D eigenvalue weighted by molar-refractivity contribution is 7.14. The van der Waals surface area contributed by atoms with Gasteiger partial charge >= 0.3 is 12.2 Å². The van der Waals surface area contributed by atoms with E-state index in [1.54, 1.807) is 0 Å². The van der Waals surface area contributed by atoms with Crippen LogP contribution in [0.15, 0.2) is 29.6 Å². The van der Waals surface area contributed by atoms with Crippen molar-refractivity contribution in [2.45, 2.75) is 20.0 Å². The minimum Gasteiger partial charge on any atom is -0.308 e. The number of hydrogen-bond donors (Lipinski definition) is 2. The monoisotopic (exact) mass is 314 g/mol. The number of urea groups is 1. The van der Waals surface area contributed by atoms with Crippen LogP contribution in [-0.2, 0) is 6.18 Å². The van der Waals surface area contributed by atoms with Crippen LogP contribution in [-0.4, -0.2) is 6.03 Å². The van der Waals surface area contributed by atoms with Gasteiger partial charge < -0.3 is 5.32 Å². The molecule has 7 heteroatoms. The summed E-state index contributed by atoms with van der Waals surface area (Å²) in [7, 11) is 0. The molecule has 1 heterocycles. The van der Waals surface area contributed by atoms with Gasteiger partial charge in [-0.3, -0.25) is 5.32 Å². The minimum absolute atomic E-state index is 0.298. The second kappa shape index (κ2) is 5.77. The number of carbonyl (C=O) groups is 1. The van der Waals surface area contributed by atoms with Crippen LogP contribution in [0.4, 0.5) is 28.7 Å². The van der Waals surface area contributed by atoms with Crippen molar-refractivity contribution >= 4 is 28.1 Å². The molecule has 112 valence electrons. The highest BCUT2D eigenvalue weighted by Crippen LogP contribution is 2.30. The number of halogens is 3. The number of carbonyl (C=O) groups excluding carboxylic acids is 1. The van der Waals surface area contributed by atoms with Crippen molar-refractivity contribution in [3.8, 4) is 0 Å². The Labute approximate surface area is 123 Å². The van der Waals surface area contributed by atoms with E-state index in [4.69, 9.17) is 0 Å². The lowest BCUT2D eigenvalue weighted by atomic mass is 10.2. The number of nitrogens with one attached hydrogen (secondary N) is 2. The van der Waals surface area contributed by atoms with Crippen LogP contribution in [0.3, 0.4) is 0 Å². The molecule has 0 fully saturated rings. The molecule has 0 aliphatic heterocycles. The fourth-order valence-electron chi connectivity index (χ4n) is 1.63. The number of alkyl halides is 3. The van der Waals surface area contributed by atoms with Crippen molar-refractivity contribution < 1.29 is 18.0 Å². The number of rotatable bonds is 2. The Bertz CT molecular complexity index is 647. The number of amides is 2. The zero-order chi connectivity index (χ0) is 15.6. The first-order valence-corrected chi connectivity index (χ1v) is 6.95.